The number of carbonyl (C=O) groups excluding carboxylic acids is 4. The highest BCUT2D eigenvalue weighted by molar-refractivity contribution is 7.09. The fraction of sp³-hybridized carbons (Fsp3) is 0.634. The van der Waals surface area contributed by atoms with E-state index in [9.17, 15) is 19.2 Å². The van der Waals surface area contributed by atoms with Crippen LogP contribution in [0.5, 0.6) is 0 Å². The van der Waals surface area contributed by atoms with E-state index in [4.69, 9.17) is 4.74 Å². The van der Waals surface area contributed by atoms with Crippen LogP contribution in [0.1, 0.15) is 90.8 Å². The van der Waals surface area contributed by atoms with Crippen molar-refractivity contribution in [1.82, 2.24) is 30.3 Å². The van der Waals surface area contributed by atoms with E-state index >= 15 is 0 Å². The molecular formula is C41H64N6O5S. The Hall–Kier alpha value is -3.61. The summed E-state index contributed by atoms with van der Waals surface area (Å²) in [7, 11) is 7.07. The molecule has 1 aromatic carbocycles. The molecule has 2 heterocycles. The summed E-state index contributed by atoms with van der Waals surface area (Å²) in [5.74, 6) is -0.747. The predicted molar refractivity (Wildman–Crippen MR) is 212 cm³/mol. The molecule has 1 aliphatic heterocycles. The van der Waals surface area contributed by atoms with E-state index in [1.54, 1.807) is 32.2 Å². The van der Waals surface area contributed by atoms with E-state index in [0.717, 1.165) is 29.8 Å². The molecule has 2 N–H and O–H groups in total. The average Bonchev–Trinajstić information content (AvgIpc) is 3.82. The third-order valence-corrected chi connectivity index (χ3v) is 11.4. The lowest BCUT2D eigenvalue weighted by molar-refractivity contribution is -0.146. The first-order chi connectivity index (χ1) is 25.1. The fourth-order valence-corrected chi connectivity index (χ4v) is 8.18. The Morgan fingerprint density at radius 3 is 2.26 bits per heavy atom. The average molecular weight is 753 g/mol. The van der Waals surface area contributed by atoms with Gasteiger partial charge in [0.1, 0.15) is 11.0 Å². The minimum Gasteiger partial charge on any atom is -0.379 e. The van der Waals surface area contributed by atoms with Gasteiger partial charge in [-0.05, 0) is 63.6 Å². The van der Waals surface area contributed by atoms with Crippen molar-refractivity contribution >= 4 is 35.0 Å². The molecule has 0 unspecified atom stereocenters. The van der Waals surface area contributed by atoms with Crippen LogP contribution in [0.4, 0.5) is 0 Å². The number of likely N-dealkylation sites (N-methyl/N-ethyl adjacent to an activating group) is 2. The molecule has 0 aliphatic carbocycles. The Balaban J connectivity index is 1.76. The van der Waals surface area contributed by atoms with Crippen LogP contribution in [0, 0.1) is 17.8 Å². The monoisotopic (exact) mass is 752 g/mol. The van der Waals surface area contributed by atoms with E-state index in [1.807, 2.05) is 93.4 Å². The molecule has 1 aromatic heterocycles. The van der Waals surface area contributed by atoms with Crippen molar-refractivity contribution in [3.05, 3.63) is 64.1 Å². The van der Waals surface area contributed by atoms with Crippen LogP contribution < -0.4 is 10.6 Å². The Morgan fingerprint density at radius 1 is 1.04 bits per heavy atom. The second-order valence-corrected chi connectivity index (χ2v) is 16.3. The smallest absolute Gasteiger partial charge is 0.247 e. The first-order valence-corrected chi connectivity index (χ1v) is 20.0. The van der Waals surface area contributed by atoms with Gasteiger partial charge in [0.25, 0.3) is 0 Å². The molecule has 11 nitrogen and oxygen atoms in total. The van der Waals surface area contributed by atoms with Crippen LogP contribution in [0.25, 0.3) is 0 Å². The molecule has 0 bridgehead atoms. The number of amides is 4. The highest BCUT2D eigenvalue weighted by atomic mass is 32.1. The zero-order valence-electron chi connectivity index (χ0n) is 33.8. The maximum absolute atomic E-state index is 14.2. The van der Waals surface area contributed by atoms with E-state index in [2.05, 4.69) is 29.5 Å². The number of nitrogens with zero attached hydrogens (tertiary/aromatic N) is 4. The molecule has 3 rings (SSSR count). The summed E-state index contributed by atoms with van der Waals surface area (Å²) < 4.78 is 6.02. The summed E-state index contributed by atoms with van der Waals surface area (Å²) in [6, 6.07) is 7.99. The molecular weight excluding hydrogens is 689 g/mol. The lowest BCUT2D eigenvalue weighted by Gasteiger charge is -2.40. The standard InChI is InChI=1S/C41H64N6O5S/c1-12-28(6)37(46(10)41(51)35(26(2)3)44-39(50)36(27(4)5)45(8)9)33(52-11)25-34(48)47-21-16-19-31(47)23-29(7)38(49)43-32(40-42-20-22-53-40)24-30-17-14-13-15-18-30/h13-15,17-18,20,22-23,26-28,31-33,35-37H,12,16,19,21,24-25H2,1-11H3,(H,43,49)(H,44,50)/b29-23+/t28-,31-,32-,33+,35-,36-,37-/m0/s1. The van der Waals surface area contributed by atoms with E-state index < -0.39 is 18.2 Å². The van der Waals surface area contributed by atoms with Crippen molar-refractivity contribution in [2.45, 2.75) is 117 Å². The number of likely N-dealkylation sites (tertiary alicyclic amines) is 1. The third kappa shape index (κ3) is 11.9. The number of aromatic nitrogens is 1. The van der Waals surface area contributed by atoms with Crippen LogP contribution in [0.15, 0.2) is 53.6 Å². The lowest BCUT2D eigenvalue weighted by atomic mass is 9.89. The number of methoxy groups -OCH3 is 1. The van der Waals surface area contributed by atoms with Crippen molar-refractivity contribution < 1.29 is 23.9 Å². The first-order valence-electron chi connectivity index (χ1n) is 19.1. The van der Waals surface area contributed by atoms with Gasteiger partial charge in [-0.15, -0.1) is 11.3 Å². The summed E-state index contributed by atoms with van der Waals surface area (Å²) in [6.45, 7) is 14.3. The van der Waals surface area contributed by atoms with Gasteiger partial charge in [-0.25, -0.2) is 4.98 Å². The van der Waals surface area contributed by atoms with Gasteiger partial charge in [-0.2, -0.15) is 0 Å². The third-order valence-electron chi connectivity index (χ3n) is 10.5. The Kier molecular flexibility index (Phi) is 17.1. The fourth-order valence-electron chi connectivity index (χ4n) is 7.49. The molecule has 1 saturated heterocycles. The maximum atomic E-state index is 14.2. The number of rotatable bonds is 19. The van der Waals surface area contributed by atoms with Gasteiger partial charge >= 0.3 is 0 Å². The number of benzene rings is 1. The largest absolute Gasteiger partial charge is 0.379 e. The number of hydrogen-bond acceptors (Lipinski definition) is 8. The van der Waals surface area contributed by atoms with Crippen LogP contribution in [0.2, 0.25) is 0 Å². The molecule has 53 heavy (non-hydrogen) atoms. The van der Waals surface area contributed by atoms with Gasteiger partial charge in [0.15, 0.2) is 0 Å². The number of carbonyl (C=O) groups is 4. The maximum Gasteiger partial charge on any atom is 0.247 e. The van der Waals surface area contributed by atoms with Crippen LogP contribution in [0.3, 0.4) is 0 Å². The van der Waals surface area contributed by atoms with Gasteiger partial charge in [-0.3, -0.25) is 24.1 Å². The molecule has 2 aromatic rings. The molecule has 0 radical (unpaired) electrons. The van der Waals surface area contributed by atoms with Crippen molar-refractivity contribution in [1.29, 1.82) is 0 Å². The number of hydrogen-bond donors (Lipinski definition) is 2. The Labute approximate surface area is 321 Å². The second-order valence-electron chi connectivity index (χ2n) is 15.4. The molecule has 0 spiro atoms. The highest BCUT2D eigenvalue weighted by Crippen LogP contribution is 2.27. The van der Waals surface area contributed by atoms with Crippen molar-refractivity contribution in [2.24, 2.45) is 17.8 Å². The van der Waals surface area contributed by atoms with E-state index in [1.165, 1.54) is 11.3 Å². The quantitative estimate of drug-likeness (QED) is 0.182. The number of nitrogens with one attached hydrogen (secondary N) is 2. The van der Waals surface area contributed by atoms with Crippen LogP contribution >= 0.6 is 11.3 Å². The molecule has 1 aliphatic rings. The number of ether oxygens (including phenoxy) is 1. The Bertz CT molecular complexity index is 1490. The highest BCUT2D eigenvalue weighted by Gasteiger charge is 2.40. The van der Waals surface area contributed by atoms with Crippen LogP contribution in [-0.2, 0) is 30.3 Å². The molecule has 7 atom stereocenters. The second kappa shape index (κ2) is 20.7. The summed E-state index contributed by atoms with van der Waals surface area (Å²) in [5.41, 5.74) is 1.65. The van der Waals surface area contributed by atoms with Gasteiger partial charge < -0.3 is 25.2 Å². The number of thiazole rings is 1. The molecule has 12 heteroatoms. The summed E-state index contributed by atoms with van der Waals surface area (Å²) in [6.07, 6.45) is 6.11. The zero-order valence-corrected chi connectivity index (χ0v) is 34.6. The zero-order chi connectivity index (χ0) is 39.4. The topological polar surface area (TPSA) is 124 Å². The summed E-state index contributed by atoms with van der Waals surface area (Å²) >= 11 is 1.51. The Morgan fingerprint density at radius 2 is 1.72 bits per heavy atom. The predicted octanol–water partition coefficient (Wildman–Crippen LogP) is 5.49. The van der Waals surface area contributed by atoms with Crippen molar-refractivity contribution in [3.63, 3.8) is 0 Å². The van der Waals surface area contributed by atoms with Crippen LogP contribution in [-0.4, -0.2) is 108 Å². The SMILES string of the molecule is CC[C@H](C)[C@@H]([C@@H](CC(=O)N1CCC[C@H]1/C=C(\C)C(=O)N[C@@H](Cc1ccccc1)c1nccs1)OC)N(C)C(=O)[C@@H](NC(=O)[C@H](C(C)C)N(C)C)C(C)C. The lowest BCUT2D eigenvalue weighted by Crippen LogP contribution is -2.59. The van der Waals surface area contributed by atoms with Gasteiger partial charge in [0, 0.05) is 37.9 Å². The molecule has 4 amide bonds. The first kappa shape index (κ1) is 43.8. The van der Waals surface area contributed by atoms with Crippen molar-refractivity contribution in [3.8, 4) is 0 Å². The minimum atomic E-state index is -0.737. The van der Waals surface area contributed by atoms with Gasteiger partial charge in [0.05, 0.1) is 36.7 Å². The van der Waals surface area contributed by atoms with Gasteiger partial charge in [0.2, 0.25) is 23.6 Å². The minimum absolute atomic E-state index is 0.0114. The normalized spacial score (nSPS) is 18.4. The molecule has 1 fully saturated rings. The van der Waals surface area contributed by atoms with Crippen molar-refractivity contribution in [2.75, 3.05) is 34.8 Å². The summed E-state index contributed by atoms with van der Waals surface area (Å²) in [4.78, 5) is 65.1. The summed E-state index contributed by atoms with van der Waals surface area (Å²) in [5, 5.41) is 8.98. The van der Waals surface area contributed by atoms with E-state index in [0.29, 0.717) is 18.5 Å². The molecule has 294 valence electrons. The molecule has 0 saturated carbocycles. The van der Waals surface area contributed by atoms with Gasteiger partial charge in [-0.1, -0.05) is 84.4 Å². The van der Waals surface area contributed by atoms with E-state index in [-0.39, 0.29) is 65.9 Å².